The van der Waals surface area contributed by atoms with Crippen LogP contribution >= 0.6 is 22.6 Å². The van der Waals surface area contributed by atoms with Crippen LogP contribution in [0.3, 0.4) is 0 Å². The molecule has 0 unspecified atom stereocenters. The molecule has 0 saturated carbocycles. The van der Waals surface area contributed by atoms with Crippen LogP contribution in [-0.2, 0) is 0 Å². The number of aryl methyl sites for hydroxylation is 1. The van der Waals surface area contributed by atoms with Gasteiger partial charge in [-0.2, -0.15) is 0 Å². The van der Waals surface area contributed by atoms with Crippen LogP contribution in [0.5, 0.6) is 0 Å². The van der Waals surface area contributed by atoms with Gasteiger partial charge in [0.25, 0.3) is 5.91 Å². The summed E-state index contributed by atoms with van der Waals surface area (Å²) in [5.41, 5.74) is 3.64. The smallest absolute Gasteiger partial charge is 0.256 e. The molecule has 108 valence electrons. The van der Waals surface area contributed by atoms with E-state index < -0.39 is 0 Å². The molecule has 0 aliphatic heterocycles. The number of rotatable bonds is 3. The zero-order valence-corrected chi connectivity index (χ0v) is 13.9. The van der Waals surface area contributed by atoms with Crippen LogP contribution in [0, 0.1) is 10.5 Å². The monoisotopic (exact) mass is 394 g/mol. The first-order valence-electron chi connectivity index (χ1n) is 6.38. The standard InChI is InChI=1S/C16H15IN2O2/c1-10-5-3-8-14(15(10)17)16(20)18-13-7-4-6-12(9-13)11(2)19-21/h3-9,21H,1-2H3,(H,18,20)/b19-11-. The highest BCUT2D eigenvalue weighted by Gasteiger charge is 2.11. The summed E-state index contributed by atoms with van der Waals surface area (Å²) < 4.78 is 0.942. The first-order valence-corrected chi connectivity index (χ1v) is 7.46. The fourth-order valence-corrected chi connectivity index (χ4v) is 2.51. The van der Waals surface area contributed by atoms with E-state index >= 15 is 0 Å². The number of carbonyl (C=O) groups is 1. The lowest BCUT2D eigenvalue weighted by Gasteiger charge is -2.09. The normalized spacial score (nSPS) is 11.3. The average Bonchev–Trinajstić information content (AvgIpc) is 2.49. The molecule has 0 aromatic heterocycles. The van der Waals surface area contributed by atoms with Crippen LogP contribution < -0.4 is 5.32 Å². The van der Waals surface area contributed by atoms with E-state index in [0.717, 1.165) is 14.7 Å². The van der Waals surface area contributed by atoms with Crippen molar-refractivity contribution in [1.82, 2.24) is 0 Å². The van der Waals surface area contributed by atoms with Gasteiger partial charge >= 0.3 is 0 Å². The maximum atomic E-state index is 12.3. The zero-order chi connectivity index (χ0) is 15.4. The van der Waals surface area contributed by atoms with Gasteiger partial charge in [-0.15, -0.1) is 0 Å². The summed E-state index contributed by atoms with van der Waals surface area (Å²) in [6.45, 7) is 3.67. The lowest BCUT2D eigenvalue weighted by Crippen LogP contribution is -2.14. The zero-order valence-electron chi connectivity index (χ0n) is 11.7. The molecule has 0 atom stereocenters. The van der Waals surface area contributed by atoms with Gasteiger partial charge in [-0.05, 0) is 60.2 Å². The number of benzene rings is 2. The van der Waals surface area contributed by atoms with E-state index in [9.17, 15) is 4.79 Å². The molecule has 0 saturated heterocycles. The van der Waals surface area contributed by atoms with Gasteiger partial charge in [-0.1, -0.05) is 29.4 Å². The van der Waals surface area contributed by atoms with Gasteiger partial charge in [0.15, 0.2) is 0 Å². The largest absolute Gasteiger partial charge is 0.411 e. The van der Waals surface area contributed by atoms with Gasteiger partial charge in [0.1, 0.15) is 0 Å². The van der Waals surface area contributed by atoms with Gasteiger partial charge in [0, 0.05) is 14.8 Å². The average molecular weight is 394 g/mol. The maximum absolute atomic E-state index is 12.3. The summed E-state index contributed by atoms with van der Waals surface area (Å²) in [7, 11) is 0. The van der Waals surface area contributed by atoms with Gasteiger partial charge in [0.05, 0.1) is 11.3 Å². The Morgan fingerprint density at radius 1 is 1.24 bits per heavy atom. The fourth-order valence-electron chi connectivity index (χ4n) is 1.90. The second-order valence-electron chi connectivity index (χ2n) is 4.66. The molecule has 0 fully saturated rings. The Hall–Kier alpha value is -1.89. The van der Waals surface area contributed by atoms with Crippen LogP contribution in [0.2, 0.25) is 0 Å². The number of hydrogen-bond acceptors (Lipinski definition) is 3. The van der Waals surface area contributed by atoms with E-state index in [1.54, 1.807) is 31.2 Å². The lowest BCUT2D eigenvalue weighted by atomic mass is 10.1. The molecule has 0 spiro atoms. The topological polar surface area (TPSA) is 61.7 Å². The minimum Gasteiger partial charge on any atom is -0.411 e. The molecule has 0 aliphatic carbocycles. The van der Waals surface area contributed by atoms with Crippen LogP contribution in [-0.4, -0.2) is 16.8 Å². The molecule has 0 heterocycles. The minimum absolute atomic E-state index is 0.154. The third-order valence-electron chi connectivity index (χ3n) is 3.12. The van der Waals surface area contributed by atoms with Gasteiger partial charge in [0.2, 0.25) is 0 Å². The number of nitrogens with zero attached hydrogens (tertiary/aromatic N) is 1. The highest BCUT2D eigenvalue weighted by molar-refractivity contribution is 14.1. The predicted octanol–water partition coefficient (Wildman–Crippen LogP) is 4.05. The van der Waals surface area contributed by atoms with Gasteiger partial charge < -0.3 is 10.5 Å². The summed E-state index contributed by atoms with van der Waals surface area (Å²) in [6, 6.07) is 12.8. The Morgan fingerprint density at radius 3 is 2.67 bits per heavy atom. The van der Waals surface area contributed by atoms with E-state index in [1.807, 2.05) is 25.1 Å². The molecule has 2 aromatic rings. The van der Waals surface area contributed by atoms with Crippen molar-refractivity contribution in [2.75, 3.05) is 5.32 Å². The third kappa shape index (κ3) is 3.60. The van der Waals surface area contributed by atoms with E-state index in [-0.39, 0.29) is 5.91 Å². The number of anilines is 1. The highest BCUT2D eigenvalue weighted by Crippen LogP contribution is 2.19. The summed E-state index contributed by atoms with van der Waals surface area (Å²) in [5.74, 6) is -0.154. The fraction of sp³-hybridized carbons (Fsp3) is 0.125. The van der Waals surface area contributed by atoms with Crippen molar-refractivity contribution in [1.29, 1.82) is 0 Å². The number of oxime groups is 1. The Morgan fingerprint density at radius 2 is 1.95 bits per heavy atom. The molecule has 4 nitrogen and oxygen atoms in total. The summed E-state index contributed by atoms with van der Waals surface area (Å²) in [4.78, 5) is 12.3. The van der Waals surface area contributed by atoms with Crippen LogP contribution in [0.1, 0.15) is 28.4 Å². The minimum atomic E-state index is -0.154. The van der Waals surface area contributed by atoms with Crippen molar-refractivity contribution in [3.63, 3.8) is 0 Å². The molecule has 0 aliphatic rings. The maximum Gasteiger partial charge on any atom is 0.256 e. The van der Waals surface area contributed by atoms with E-state index in [4.69, 9.17) is 5.21 Å². The molecule has 5 heteroatoms. The predicted molar refractivity (Wildman–Crippen MR) is 92.3 cm³/mol. The molecule has 2 rings (SSSR count). The van der Waals surface area contributed by atoms with Crippen molar-refractivity contribution in [2.45, 2.75) is 13.8 Å². The van der Waals surface area contributed by atoms with Gasteiger partial charge in [-0.3, -0.25) is 4.79 Å². The molecule has 1 amide bonds. The molecule has 21 heavy (non-hydrogen) atoms. The lowest BCUT2D eigenvalue weighted by molar-refractivity contribution is 0.102. The van der Waals surface area contributed by atoms with Crippen LogP contribution in [0.4, 0.5) is 5.69 Å². The third-order valence-corrected chi connectivity index (χ3v) is 4.56. The summed E-state index contributed by atoms with van der Waals surface area (Å²) in [5, 5.41) is 14.8. The Kier molecular flexibility index (Phi) is 4.95. The number of halogens is 1. The van der Waals surface area contributed by atoms with E-state index in [0.29, 0.717) is 17.0 Å². The quantitative estimate of drug-likeness (QED) is 0.357. The summed E-state index contributed by atoms with van der Waals surface area (Å²) in [6.07, 6.45) is 0. The Bertz CT molecular complexity index is 711. The number of amides is 1. The molecule has 0 bridgehead atoms. The van der Waals surface area contributed by atoms with E-state index in [1.165, 1.54) is 0 Å². The molecule has 2 aromatic carbocycles. The number of carbonyl (C=O) groups excluding carboxylic acids is 1. The van der Waals surface area contributed by atoms with Crippen molar-refractivity contribution < 1.29 is 10.0 Å². The summed E-state index contributed by atoms with van der Waals surface area (Å²) >= 11 is 2.17. The first kappa shape index (κ1) is 15.5. The van der Waals surface area contributed by atoms with E-state index in [2.05, 4.69) is 33.1 Å². The Labute approximate surface area is 137 Å². The molecule has 0 radical (unpaired) electrons. The SMILES string of the molecule is C/C(=N/O)c1cccc(NC(=O)c2cccc(C)c2I)c1. The molecule has 2 N–H and O–H groups in total. The van der Waals surface area contributed by atoms with Gasteiger partial charge in [-0.25, -0.2) is 0 Å². The van der Waals surface area contributed by atoms with Crippen LogP contribution in [0.25, 0.3) is 0 Å². The second kappa shape index (κ2) is 6.71. The Balaban J connectivity index is 2.26. The molecular weight excluding hydrogens is 379 g/mol. The number of nitrogens with one attached hydrogen (secondary N) is 1. The van der Waals surface area contributed by atoms with Crippen molar-refractivity contribution in [2.24, 2.45) is 5.16 Å². The molecular formula is C16H15IN2O2. The van der Waals surface area contributed by atoms with Crippen molar-refractivity contribution >= 4 is 39.9 Å². The second-order valence-corrected chi connectivity index (χ2v) is 5.74. The van der Waals surface area contributed by atoms with Crippen molar-refractivity contribution in [3.8, 4) is 0 Å². The number of hydrogen-bond donors (Lipinski definition) is 2. The first-order chi connectivity index (χ1) is 10.0. The highest BCUT2D eigenvalue weighted by atomic mass is 127. The van der Waals surface area contributed by atoms with Crippen LogP contribution in [0.15, 0.2) is 47.6 Å². The van der Waals surface area contributed by atoms with Crippen molar-refractivity contribution in [3.05, 3.63) is 62.7 Å².